The number of pyridine rings is 2. The van der Waals surface area contributed by atoms with E-state index in [2.05, 4.69) is 183 Å². The molecule has 14 heteroatoms. The fourth-order valence-electron chi connectivity index (χ4n) is 10.2. The van der Waals surface area contributed by atoms with Crippen molar-refractivity contribution in [2.24, 2.45) is 7.05 Å². The van der Waals surface area contributed by atoms with E-state index >= 15 is 0 Å². The van der Waals surface area contributed by atoms with E-state index in [1.165, 1.54) is 52.5 Å². The number of thiophene rings is 1. The molecular formula is C80H109N7O6S. The van der Waals surface area contributed by atoms with E-state index < -0.39 is 16.8 Å². The Morgan fingerprint density at radius 2 is 1.12 bits per heavy atom. The molecule has 0 aliphatic heterocycles. The summed E-state index contributed by atoms with van der Waals surface area (Å²) in [6, 6.07) is 39.4. The fourth-order valence-corrected chi connectivity index (χ4v) is 11.0. The number of fused-ring (bicyclic) bond motifs is 4. The molecule has 94 heavy (non-hydrogen) atoms. The lowest BCUT2D eigenvalue weighted by molar-refractivity contribution is 0.0694. The predicted octanol–water partition coefficient (Wildman–Crippen LogP) is 21.2. The zero-order valence-electron chi connectivity index (χ0n) is 60.5. The van der Waals surface area contributed by atoms with Crippen LogP contribution in [-0.2, 0) is 43.1 Å². The Morgan fingerprint density at radius 3 is 1.65 bits per heavy atom. The minimum atomic E-state index is -0.907. The third-order valence-corrected chi connectivity index (χ3v) is 17.3. The summed E-state index contributed by atoms with van der Waals surface area (Å²) >= 11 is 1.76. The summed E-state index contributed by atoms with van der Waals surface area (Å²) in [5.74, 6) is 5.32. The highest BCUT2D eigenvalue weighted by Crippen LogP contribution is 2.31. The van der Waals surface area contributed by atoms with Crippen molar-refractivity contribution in [3.63, 3.8) is 0 Å². The third-order valence-electron chi connectivity index (χ3n) is 16.4. The molecule has 1 aliphatic carbocycles. The number of nitrogens with zero attached hydrogens (tertiary/aromatic N) is 7. The quantitative estimate of drug-likeness (QED) is 0.106. The third kappa shape index (κ3) is 21.5. The van der Waals surface area contributed by atoms with Crippen molar-refractivity contribution < 1.29 is 28.7 Å². The highest BCUT2D eigenvalue weighted by Gasteiger charge is 2.25. The molecule has 0 bridgehead atoms. The summed E-state index contributed by atoms with van der Waals surface area (Å²) in [4.78, 5) is 8.61. The van der Waals surface area contributed by atoms with Crippen molar-refractivity contribution in [1.82, 2.24) is 34.7 Å². The topological polar surface area (TPSA) is 174 Å². The summed E-state index contributed by atoms with van der Waals surface area (Å²) < 4.78 is 20.9. The molecule has 0 radical (unpaired) electrons. The number of furan rings is 2. The van der Waals surface area contributed by atoms with Crippen LogP contribution < -0.4 is 0 Å². The van der Waals surface area contributed by atoms with Gasteiger partial charge in [0.1, 0.15) is 28.3 Å². The van der Waals surface area contributed by atoms with Crippen molar-refractivity contribution >= 4 is 43.6 Å². The number of para-hydroxylation sites is 2. The second-order valence-corrected chi connectivity index (χ2v) is 29.3. The molecule has 3 aromatic carbocycles. The summed E-state index contributed by atoms with van der Waals surface area (Å²) in [5.41, 5.74) is 14.0. The Balaban J connectivity index is 0.000000175. The molecule has 0 amide bonds. The van der Waals surface area contributed by atoms with E-state index in [-0.39, 0.29) is 0 Å². The summed E-state index contributed by atoms with van der Waals surface area (Å²) in [7, 11) is 1.86. The van der Waals surface area contributed by atoms with Gasteiger partial charge in [0, 0.05) is 42.2 Å². The van der Waals surface area contributed by atoms with Crippen LogP contribution in [0.25, 0.3) is 38.0 Å². The molecular weight excluding hydrogens is 1190 g/mol. The summed E-state index contributed by atoms with van der Waals surface area (Å²) in [6.45, 7) is 42.7. The van der Waals surface area contributed by atoms with Crippen molar-refractivity contribution in [3.8, 4) is 5.69 Å². The van der Waals surface area contributed by atoms with Crippen LogP contribution in [0.2, 0.25) is 0 Å². The van der Waals surface area contributed by atoms with Crippen LogP contribution in [0.3, 0.4) is 0 Å². The molecule has 1 aliphatic rings. The van der Waals surface area contributed by atoms with Gasteiger partial charge in [0.15, 0.2) is 0 Å². The Bertz CT molecular complexity index is 4020. The first-order valence-corrected chi connectivity index (χ1v) is 34.7. The van der Waals surface area contributed by atoms with Gasteiger partial charge < -0.3 is 28.7 Å². The molecule has 3 N–H and O–H groups in total. The van der Waals surface area contributed by atoms with Crippen molar-refractivity contribution in [2.45, 2.75) is 236 Å². The van der Waals surface area contributed by atoms with E-state index in [4.69, 9.17) is 13.4 Å². The Morgan fingerprint density at radius 1 is 0.543 bits per heavy atom. The average Bonchev–Trinajstić information content (AvgIpc) is 1.64. The number of aliphatic hydroxyl groups is 3. The summed E-state index contributed by atoms with van der Waals surface area (Å²) in [6.07, 6.45) is 11.7. The average molecular weight is 1300 g/mol. The Hall–Kier alpha value is -7.49. The molecule has 506 valence electrons. The standard InChI is InChI=1S/C15H20N2O.C13H18.C11H14N2O.C11H12O.C10H18N2O.C10H11NS.C10H16O2/c1-11(2)13-10-14(15(3,4)18)17(16-13)12-8-6-5-7-9-12;1-10(2)12-8-7-11-5-3-4-6-13(11)9-12;1-4-10-9-5-8(7(2)3)6-12-11(9)14-13-10;1-8(2)11-7-9-5-3-4-6-10(9)12-11;1-7(2)8-6-9(10(3,4)13)12(5)11-8;1-7(2)8-5-10-9(11-6-8)3-4-12-10;1-7(2)9-5-8(6-12-9)10(3,4)11/h5-11,18H,1-4H3;7-10H,3-6H2,1-2H3;5-7H,4H2,1-3H3;3-8H,1-2H3;6-7,13H,1-5H3;3-7H,1-2H3;5-7,11H,1-4H3. The van der Waals surface area contributed by atoms with E-state index in [1.807, 2.05) is 90.9 Å². The number of benzene rings is 3. The van der Waals surface area contributed by atoms with E-state index in [0.29, 0.717) is 47.1 Å². The van der Waals surface area contributed by atoms with Crippen LogP contribution in [0.5, 0.6) is 0 Å². The highest BCUT2D eigenvalue weighted by atomic mass is 32.1. The van der Waals surface area contributed by atoms with Crippen molar-refractivity contribution in [1.29, 1.82) is 0 Å². The number of hydrogen-bond acceptors (Lipinski definition) is 12. The first kappa shape index (κ1) is 75.5. The van der Waals surface area contributed by atoms with Gasteiger partial charge in [0.25, 0.3) is 5.71 Å². The lowest BCUT2D eigenvalue weighted by Gasteiger charge is -2.18. The predicted molar refractivity (Wildman–Crippen MR) is 390 cm³/mol. The van der Waals surface area contributed by atoms with E-state index in [1.54, 1.807) is 75.0 Å². The zero-order valence-corrected chi connectivity index (χ0v) is 61.3. The van der Waals surface area contributed by atoms with Crippen LogP contribution in [0.1, 0.15) is 273 Å². The smallest absolute Gasteiger partial charge is 0.257 e. The van der Waals surface area contributed by atoms with Crippen LogP contribution in [0.15, 0.2) is 153 Å². The molecule has 0 saturated heterocycles. The van der Waals surface area contributed by atoms with Gasteiger partial charge in [0.2, 0.25) is 0 Å². The first-order valence-electron chi connectivity index (χ1n) is 33.8. The van der Waals surface area contributed by atoms with Gasteiger partial charge in [-0.1, -0.05) is 164 Å². The maximum Gasteiger partial charge on any atom is 0.257 e. The molecule has 8 aromatic heterocycles. The van der Waals surface area contributed by atoms with Gasteiger partial charge in [-0.25, -0.2) is 9.67 Å². The largest absolute Gasteiger partial charge is 0.469 e. The number of aromatic nitrogens is 7. The maximum atomic E-state index is 10.3. The van der Waals surface area contributed by atoms with Crippen LogP contribution in [-0.4, -0.2) is 50.0 Å². The second kappa shape index (κ2) is 33.8. The van der Waals surface area contributed by atoms with Gasteiger partial charge in [-0.3, -0.25) is 9.67 Å². The molecule has 13 nitrogen and oxygen atoms in total. The number of rotatable bonds is 12. The summed E-state index contributed by atoms with van der Waals surface area (Å²) in [5, 5.41) is 46.9. The van der Waals surface area contributed by atoms with Crippen LogP contribution >= 0.6 is 11.3 Å². The normalized spacial score (nSPS) is 12.4. The molecule has 0 unspecified atom stereocenters. The second-order valence-electron chi connectivity index (χ2n) is 28.4. The highest BCUT2D eigenvalue weighted by molar-refractivity contribution is 7.17. The Labute approximate surface area is 565 Å². The number of hydrogen-bond donors (Lipinski definition) is 3. The number of aryl methyl sites for hydroxylation is 4. The Kier molecular flexibility index (Phi) is 27.1. The van der Waals surface area contributed by atoms with Crippen LogP contribution in [0.4, 0.5) is 0 Å². The SMILES string of the molecule is CC(C)c1cc(C(C)(C)O)co1.CC(C)c1cc(C(C)(C)O)n(-c2ccccc2)n1.CC(C)c1cc(C(C)(C)O)n(C)n1.CC(C)c1cc2ccccc2o1.CC(C)c1ccc2c(c1)CCCC2.CC(C)c1cnc2ccsc2c1.CCc1noc2ncc(C(C)C)cc12. The molecule has 0 fully saturated rings. The monoisotopic (exact) mass is 1300 g/mol. The first-order chi connectivity index (χ1) is 44.2. The van der Waals surface area contributed by atoms with E-state index in [0.717, 1.165) is 74.1 Å². The molecule has 11 aromatic rings. The van der Waals surface area contributed by atoms with Gasteiger partial charge in [-0.2, -0.15) is 10.2 Å². The van der Waals surface area contributed by atoms with Gasteiger partial charge in [-0.15, -0.1) is 11.3 Å². The lowest BCUT2D eigenvalue weighted by atomic mass is 9.88. The molecule has 12 rings (SSSR count). The fraction of sp³-hybridized carbons (Fsp3) is 0.463. The maximum absolute atomic E-state index is 10.3. The molecule has 8 heterocycles. The van der Waals surface area contributed by atoms with Crippen molar-refractivity contribution in [3.05, 3.63) is 213 Å². The molecule has 0 saturated carbocycles. The minimum absolute atomic E-state index is 0.344. The molecule has 0 spiro atoms. The van der Waals surface area contributed by atoms with Gasteiger partial charge >= 0.3 is 0 Å². The van der Waals surface area contributed by atoms with Gasteiger partial charge in [0.05, 0.1) is 61.6 Å². The lowest BCUT2D eigenvalue weighted by Crippen LogP contribution is -2.20. The van der Waals surface area contributed by atoms with Crippen molar-refractivity contribution in [2.75, 3.05) is 0 Å². The van der Waals surface area contributed by atoms with E-state index in [9.17, 15) is 15.3 Å². The van der Waals surface area contributed by atoms with Crippen LogP contribution in [0, 0.1) is 0 Å². The zero-order chi connectivity index (χ0) is 69.4. The molecule has 0 atom stereocenters. The van der Waals surface area contributed by atoms with Gasteiger partial charge in [-0.05, 0) is 197 Å². The minimum Gasteiger partial charge on any atom is -0.469 e.